The minimum absolute atomic E-state index is 0.0310. The molecule has 3 fully saturated rings. The Kier molecular flexibility index (Phi) is 7.88. The Hall–Kier alpha value is -2.56. The predicted octanol–water partition coefficient (Wildman–Crippen LogP) is 3.37. The number of carboxylic acid groups (broad SMARTS) is 1. The molecule has 8 nitrogen and oxygen atoms in total. The van der Waals surface area contributed by atoms with Gasteiger partial charge in [0.2, 0.25) is 5.91 Å². The third-order valence-electron chi connectivity index (χ3n) is 7.66. The van der Waals surface area contributed by atoms with Crippen LogP contribution in [0.4, 0.5) is 13.2 Å². The maximum Gasteiger partial charge on any atom is 0.490 e. The smallest absolute Gasteiger partial charge is 0.475 e. The molecule has 35 heavy (non-hydrogen) atoms. The lowest BCUT2D eigenvalue weighted by molar-refractivity contribution is -0.192. The van der Waals surface area contributed by atoms with E-state index in [2.05, 4.69) is 24.1 Å². The van der Waals surface area contributed by atoms with E-state index in [0.29, 0.717) is 30.8 Å². The van der Waals surface area contributed by atoms with E-state index in [-0.39, 0.29) is 23.3 Å². The van der Waals surface area contributed by atoms with Crippen LogP contribution in [0.25, 0.3) is 0 Å². The topological polar surface area (TPSA) is 103 Å². The maximum atomic E-state index is 12.8. The largest absolute Gasteiger partial charge is 0.490 e. The van der Waals surface area contributed by atoms with Crippen LogP contribution < -0.4 is 5.32 Å². The first kappa shape index (κ1) is 27.0. The van der Waals surface area contributed by atoms with Crippen molar-refractivity contribution in [1.82, 2.24) is 15.1 Å². The molecular weight excluding hydrogens is 467 g/mol. The second-order valence-electron chi connectivity index (χ2n) is 9.89. The number of amides is 2. The number of nitrogens with one attached hydrogen (secondary N) is 1. The second kappa shape index (κ2) is 10.2. The number of alkyl halides is 3. The van der Waals surface area contributed by atoms with Crippen LogP contribution in [-0.2, 0) is 9.59 Å². The van der Waals surface area contributed by atoms with Gasteiger partial charge in [0, 0.05) is 43.7 Å². The summed E-state index contributed by atoms with van der Waals surface area (Å²) >= 11 is 0. The van der Waals surface area contributed by atoms with Crippen molar-refractivity contribution < 1.29 is 37.1 Å². The molecule has 0 aromatic carbocycles. The zero-order valence-corrected chi connectivity index (χ0v) is 20.6. The van der Waals surface area contributed by atoms with Crippen molar-refractivity contribution in [3.05, 3.63) is 23.2 Å². The first-order chi connectivity index (χ1) is 16.3. The molecule has 3 atom stereocenters. The highest BCUT2D eigenvalue weighted by molar-refractivity contribution is 5.92. The zero-order chi connectivity index (χ0) is 26.1. The third kappa shape index (κ3) is 5.65. The Bertz CT molecular complexity index is 933. The van der Waals surface area contributed by atoms with Gasteiger partial charge in [-0.05, 0) is 51.7 Å². The number of aliphatic carboxylic acids is 1. The summed E-state index contributed by atoms with van der Waals surface area (Å²) in [7, 11) is 0. The first-order valence-electron chi connectivity index (χ1n) is 12.0. The number of hydrogen-bond acceptors (Lipinski definition) is 5. The van der Waals surface area contributed by atoms with Crippen molar-refractivity contribution in [3.8, 4) is 0 Å². The highest BCUT2D eigenvalue weighted by atomic mass is 19.4. The summed E-state index contributed by atoms with van der Waals surface area (Å²) in [5, 5.41) is 10.5. The van der Waals surface area contributed by atoms with Crippen LogP contribution in [0.2, 0.25) is 0 Å². The number of likely N-dealkylation sites (tertiary alicyclic amines) is 2. The van der Waals surface area contributed by atoms with Gasteiger partial charge >= 0.3 is 12.1 Å². The van der Waals surface area contributed by atoms with Crippen LogP contribution in [-0.4, -0.2) is 76.6 Å². The van der Waals surface area contributed by atoms with E-state index in [1.807, 2.05) is 24.8 Å². The number of carboxylic acids is 1. The first-order valence-corrected chi connectivity index (χ1v) is 12.0. The summed E-state index contributed by atoms with van der Waals surface area (Å²) in [6.45, 7) is 11.6. The number of furan rings is 1. The molecule has 4 rings (SSSR count). The van der Waals surface area contributed by atoms with Gasteiger partial charge in [0.05, 0.1) is 5.92 Å². The summed E-state index contributed by atoms with van der Waals surface area (Å²) in [4.78, 5) is 38.8. The highest BCUT2D eigenvalue weighted by Crippen LogP contribution is 2.44. The SMILES string of the molecule is CCCC(C)N1C[C@H]2C(=O)NC3(CCN(C(=O)c4cc(C)c(C)o4)CC3)[C@H]2C1.O=C(O)C(F)(F)F. The molecule has 2 amide bonds. The molecule has 1 aromatic rings. The molecule has 2 N–H and O–H groups in total. The van der Waals surface area contributed by atoms with Crippen molar-refractivity contribution >= 4 is 17.8 Å². The average molecular weight is 502 g/mol. The number of piperidine rings is 1. The van der Waals surface area contributed by atoms with Crippen LogP contribution in [0.5, 0.6) is 0 Å². The number of carbonyl (C=O) groups is 3. The van der Waals surface area contributed by atoms with E-state index in [0.717, 1.165) is 37.3 Å². The Morgan fingerprint density at radius 2 is 1.86 bits per heavy atom. The van der Waals surface area contributed by atoms with E-state index < -0.39 is 12.1 Å². The molecule has 0 bridgehead atoms. The molecule has 1 unspecified atom stereocenters. The lowest BCUT2D eigenvalue weighted by Crippen LogP contribution is -2.56. The van der Waals surface area contributed by atoms with Crippen LogP contribution in [0.1, 0.15) is 61.4 Å². The van der Waals surface area contributed by atoms with Gasteiger partial charge in [0.15, 0.2) is 5.76 Å². The lowest BCUT2D eigenvalue weighted by atomic mass is 9.75. The maximum absolute atomic E-state index is 12.8. The van der Waals surface area contributed by atoms with Crippen LogP contribution in [0, 0.1) is 25.7 Å². The number of nitrogens with zero attached hydrogens (tertiary/aromatic N) is 2. The average Bonchev–Trinajstić information content (AvgIpc) is 3.44. The quantitative estimate of drug-likeness (QED) is 0.656. The van der Waals surface area contributed by atoms with E-state index in [1.54, 1.807) is 0 Å². The fourth-order valence-electron chi connectivity index (χ4n) is 5.49. The van der Waals surface area contributed by atoms with E-state index in [9.17, 15) is 22.8 Å². The number of rotatable bonds is 4. The number of hydrogen-bond donors (Lipinski definition) is 2. The van der Waals surface area contributed by atoms with Gasteiger partial charge in [0.25, 0.3) is 5.91 Å². The second-order valence-corrected chi connectivity index (χ2v) is 9.89. The summed E-state index contributed by atoms with van der Waals surface area (Å²) < 4.78 is 37.4. The molecule has 4 heterocycles. The summed E-state index contributed by atoms with van der Waals surface area (Å²) in [5.41, 5.74) is 0.865. The van der Waals surface area contributed by atoms with Gasteiger partial charge in [0.1, 0.15) is 5.76 Å². The molecule has 0 aliphatic carbocycles. The van der Waals surface area contributed by atoms with Crippen LogP contribution >= 0.6 is 0 Å². The molecule has 1 aromatic heterocycles. The third-order valence-corrected chi connectivity index (χ3v) is 7.66. The number of carbonyl (C=O) groups excluding carboxylic acids is 2. The van der Waals surface area contributed by atoms with Gasteiger partial charge in [-0.1, -0.05) is 13.3 Å². The molecule has 196 valence electrons. The zero-order valence-electron chi connectivity index (χ0n) is 20.6. The molecule has 1 spiro atoms. The van der Waals surface area contributed by atoms with Crippen molar-refractivity contribution in [2.75, 3.05) is 26.2 Å². The number of halogens is 3. The molecule has 11 heteroatoms. The molecule has 0 saturated carbocycles. The standard InChI is InChI=1S/C22H33N3O3.C2HF3O2/c1-5-6-15(3)25-12-17-18(13-25)22(23-20(17)26)7-9-24(10-8-22)21(27)19-11-14(2)16(4)28-19;3-2(4,5)1(6)7/h11,15,17-18H,5-10,12-13H2,1-4H3,(H,23,26);(H,6,7)/t15?,17-,18+;/m1./s1. The van der Waals surface area contributed by atoms with Gasteiger partial charge in [-0.15, -0.1) is 0 Å². The molecule has 3 aliphatic heterocycles. The fourth-order valence-corrected chi connectivity index (χ4v) is 5.49. The van der Waals surface area contributed by atoms with Gasteiger partial charge in [-0.2, -0.15) is 13.2 Å². The molecule has 0 radical (unpaired) electrons. The highest BCUT2D eigenvalue weighted by Gasteiger charge is 2.57. The molecular formula is C24H34F3N3O5. The van der Waals surface area contributed by atoms with Gasteiger partial charge in [-0.25, -0.2) is 4.79 Å². The Morgan fingerprint density at radius 1 is 1.26 bits per heavy atom. The van der Waals surface area contributed by atoms with Crippen molar-refractivity contribution in [1.29, 1.82) is 0 Å². The molecule has 3 saturated heterocycles. The van der Waals surface area contributed by atoms with Gasteiger partial charge < -0.3 is 19.7 Å². The van der Waals surface area contributed by atoms with Crippen molar-refractivity contribution in [2.45, 2.75) is 71.1 Å². The summed E-state index contributed by atoms with van der Waals surface area (Å²) in [6, 6.07) is 2.37. The van der Waals surface area contributed by atoms with Crippen LogP contribution in [0.3, 0.4) is 0 Å². The summed E-state index contributed by atoms with van der Waals surface area (Å²) in [6.07, 6.45) is -1.06. The predicted molar refractivity (Wildman–Crippen MR) is 121 cm³/mol. The Balaban J connectivity index is 0.000000429. The van der Waals surface area contributed by atoms with E-state index in [4.69, 9.17) is 14.3 Å². The lowest BCUT2D eigenvalue weighted by Gasteiger charge is -2.42. The minimum Gasteiger partial charge on any atom is -0.475 e. The monoisotopic (exact) mass is 501 g/mol. The summed E-state index contributed by atoms with van der Waals surface area (Å²) in [5.74, 6) is -0.867. The normalized spacial score (nSPS) is 24.5. The van der Waals surface area contributed by atoms with E-state index >= 15 is 0 Å². The van der Waals surface area contributed by atoms with Crippen molar-refractivity contribution in [3.63, 3.8) is 0 Å². The Labute approximate surface area is 202 Å². The fraction of sp³-hybridized carbons (Fsp3) is 0.708. The number of aryl methyl sites for hydroxylation is 2. The van der Waals surface area contributed by atoms with Crippen LogP contribution in [0.15, 0.2) is 10.5 Å². The minimum atomic E-state index is -5.08. The van der Waals surface area contributed by atoms with Crippen molar-refractivity contribution in [2.24, 2.45) is 11.8 Å². The number of fused-ring (bicyclic) bond motifs is 2. The molecule has 3 aliphatic rings. The Morgan fingerprint density at radius 3 is 2.34 bits per heavy atom. The van der Waals surface area contributed by atoms with Gasteiger partial charge in [-0.3, -0.25) is 14.5 Å². The van der Waals surface area contributed by atoms with E-state index in [1.165, 1.54) is 12.8 Å².